The average Bonchev–Trinajstić information content (AvgIpc) is 3.09. The van der Waals surface area contributed by atoms with Gasteiger partial charge in [0, 0.05) is 37.3 Å². The largest absolute Gasteiger partial charge is 0.334 e. The molecule has 1 aliphatic rings. The molecule has 1 aromatic heterocycles. The van der Waals surface area contributed by atoms with E-state index in [2.05, 4.69) is 44.8 Å². The Morgan fingerprint density at radius 3 is 2.81 bits per heavy atom. The molecule has 3 aromatic rings. The first-order chi connectivity index (χ1) is 12.8. The van der Waals surface area contributed by atoms with Crippen LogP contribution in [0.2, 0.25) is 0 Å². The molecule has 0 spiro atoms. The third-order valence-electron chi connectivity index (χ3n) is 4.74. The van der Waals surface area contributed by atoms with Gasteiger partial charge in [-0.15, -0.1) is 0 Å². The number of carbonyl (C=O) groups is 1. The van der Waals surface area contributed by atoms with E-state index in [0.29, 0.717) is 0 Å². The Kier molecular flexibility index (Phi) is 4.80. The molecule has 1 atom stereocenters. The monoisotopic (exact) mass is 346 g/mol. The minimum atomic E-state index is -0.172. The van der Waals surface area contributed by atoms with Crippen LogP contribution in [-0.4, -0.2) is 35.0 Å². The van der Waals surface area contributed by atoms with Crippen LogP contribution in [0.3, 0.4) is 0 Å². The van der Waals surface area contributed by atoms with E-state index in [1.54, 1.807) is 6.20 Å². The van der Waals surface area contributed by atoms with Crippen molar-refractivity contribution in [3.63, 3.8) is 0 Å². The van der Waals surface area contributed by atoms with Crippen LogP contribution in [0.15, 0.2) is 66.9 Å². The third kappa shape index (κ3) is 3.83. The van der Waals surface area contributed by atoms with Gasteiger partial charge in [-0.05, 0) is 24.1 Å². The fourth-order valence-electron chi connectivity index (χ4n) is 3.48. The van der Waals surface area contributed by atoms with Gasteiger partial charge in [0.25, 0.3) is 0 Å². The van der Waals surface area contributed by atoms with Gasteiger partial charge in [-0.1, -0.05) is 48.5 Å². The lowest BCUT2D eigenvalue weighted by atomic mass is 10.2. The summed E-state index contributed by atoms with van der Waals surface area (Å²) >= 11 is 0. The van der Waals surface area contributed by atoms with Gasteiger partial charge in [0.15, 0.2) is 0 Å². The van der Waals surface area contributed by atoms with Gasteiger partial charge in [0.05, 0.1) is 11.2 Å². The molecule has 5 nitrogen and oxygen atoms in total. The van der Waals surface area contributed by atoms with Crippen molar-refractivity contribution in [2.24, 2.45) is 0 Å². The van der Waals surface area contributed by atoms with Crippen molar-refractivity contribution in [3.05, 3.63) is 72.4 Å². The molecule has 1 aliphatic heterocycles. The van der Waals surface area contributed by atoms with Gasteiger partial charge in [-0.2, -0.15) is 0 Å². The number of hydrogen-bond acceptors (Lipinski definition) is 3. The topological polar surface area (TPSA) is 57.3 Å². The quantitative estimate of drug-likeness (QED) is 0.758. The lowest BCUT2D eigenvalue weighted by Gasteiger charge is -2.17. The number of para-hydroxylation sites is 1. The zero-order valence-electron chi connectivity index (χ0n) is 14.6. The fourth-order valence-corrected chi connectivity index (χ4v) is 3.48. The Labute approximate surface area is 153 Å². The van der Waals surface area contributed by atoms with E-state index in [-0.39, 0.29) is 12.1 Å². The predicted molar refractivity (Wildman–Crippen MR) is 104 cm³/mol. The summed E-state index contributed by atoms with van der Waals surface area (Å²) in [6.45, 7) is 2.79. The van der Waals surface area contributed by atoms with Gasteiger partial charge in [-0.25, -0.2) is 4.79 Å². The molecular formula is C21H22N4O. The number of fused-ring (bicyclic) bond motifs is 1. The molecule has 1 fully saturated rings. The van der Waals surface area contributed by atoms with Crippen LogP contribution in [0, 0.1) is 0 Å². The predicted octanol–water partition coefficient (Wildman–Crippen LogP) is 3.63. The van der Waals surface area contributed by atoms with Crippen LogP contribution in [0.5, 0.6) is 0 Å². The summed E-state index contributed by atoms with van der Waals surface area (Å²) in [5.41, 5.74) is 2.85. The van der Waals surface area contributed by atoms with Crippen molar-refractivity contribution < 1.29 is 4.79 Å². The van der Waals surface area contributed by atoms with Crippen LogP contribution >= 0.6 is 0 Å². The zero-order valence-corrected chi connectivity index (χ0v) is 14.6. The number of rotatable bonds is 4. The molecule has 4 rings (SSSR count). The highest BCUT2D eigenvalue weighted by molar-refractivity contribution is 5.99. The molecule has 2 amide bonds. The lowest BCUT2D eigenvalue weighted by Crippen LogP contribution is -2.39. The van der Waals surface area contributed by atoms with Crippen molar-refractivity contribution >= 4 is 22.6 Å². The minimum Gasteiger partial charge on any atom is -0.334 e. The average molecular weight is 346 g/mol. The second-order valence-electron chi connectivity index (χ2n) is 6.69. The Bertz CT molecular complexity index is 891. The van der Waals surface area contributed by atoms with E-state index in [4.69, 9.17) is 0 Å². The molecule has 0 aliphatic carbocycles. The third-order valence-corrected chi connectivity index (χ3v) is 4.74. The number of urea groups is 1. The fraction of sp³-hybridized carbons (Fsp3) is 0.238. The maximum absolute atomic E-state index is 12.4. The number of anilines is 1. The number of pyridine rings is 1. The Morgan fingerprint density at radius 2 is 1.92 bits per heavy atom. The van der Waals surface area contributed by atoms with E-state index in [1.165, 1.54) is 5.56 Å². The minimum absolute atomic E-state index is 0.168. The first-order valence-corrected chi connectivity index (χ1v) is 8.95. The first-order valence-electron chi connectivity index (χ1n) is 8.95. The first kappa shape index (κ1) is 16.5. The van der Waals surface area contributed by atoms with Crippen molar-refractivity contribution in [3.8, 4) is 0 Å². The maximum atomic E-state index is 12.4. The summed E-state index contributed by atoms with van der Waals surface area (Å²) in [5, 5.41) is 7.05. The standard InChI is InChI=1S/C21H22N4O/c26-21(24-19-10-4-8-17-9-5-12-22-20(17)19)23-18-11-13-25(15-18)14-16-6-2-1-3-7-16/h1-10,12,18H,11,13-15H2,(H2,23,24,26). The van der Waals surface area contributed by atoms with E-state index >= 15 is 0 Å². The van der Waals surface area contributed by atoms with Crippen LogP contribution < -0.4 is 10.6 Å². The molecule has 2 heterocycles. The van der Waals surface area contributed by atoms with Gasteiger partial charge in [0.2, 0.25) is 0 Å². The number of amides is 2. The maximum Gasteiger partial charge on any atom is 0.319 e. The molecule has 2 N–H and O–H groups in total. The number of aromatic nitrogens is 1. The molecule has 1 saturated heterocycles. The van der Waals surface area contributed by atoms with Gasteiger partial charge in [-0.3, -0.25) is 9.88 Å². The van der Waals surface area contributed by atoms with Crippen molar-refractivity contribution in [1.29, 1.82) is 0 Å². The van der Waals surface area contributed by atoms with Crippen LogP contribution in [0.4, 0.5) is 10.5 Å². The SMILES string of the molecule is O=C(Nc1cccc2cccnc12)NC1CCN(Cc2ccccc2)C1. The van der Waals surface area contributed by atoms with Gasteiger partial charge in [0.1, 0.15) is 0 Å². The summed E-state index contributed by atoms with van der Waals surface area (Å²) in [5.74, 6) is 0. The van der Waals surface area contributed by atoms with E-state index < -0.39 is 0 Å². The Morgan fingerprint density at radius 1 is 1.08 bits per heavy atom. The van der Waals surface area contributed by atoms with Gasteiger partial charge < -0.3 is 10.6 Å². The summed E-state index contributed by atoms with van der Waals surface area (Å²) in [6.07, 6.45) is 2.71. The second-order valence-corrected chi connectivity index (χ2v) is 6.69. The number of nitrogens with zero attached hydrogens (tertiary/aromatic N) is 2. The highest BCUT2D eigenvalue weighted by Gasteiger charge is 2.24. The second kappa shape index (κ2) is 7.54. The van der Waals surface area contributed by atoms with Crippen molar-refractivity contribution in [1.82, 2.24) is 15.2 Å². The number of nitrogens with one attached hydrogen (secondary N) is 2. The molecular weight excluding hydrogens is 324 g/mol. The lowest BCUT2D eigenvalue weighted by molar-refractivity contribution is 0.247. The summed E-state index contributed by atoms with van der Waals surface area (Å²) < 4.78 is 0. The number of benzene rings is 2. The molecule has 0 saturated carbocycles. The summed E-state index contributed by atoms with van der Waals surface area (Å²) in [4.78, 5) is 19.2. The smallest absolute Gasteiger partial charge is 0.319 e. The molecule has 0 bridgehead atoms. The Balaban J connectivity index is 1.34. The van der Waals surface area contributed by atoms with Crippen LogP contribution in [0.1, 0.15) is 12.0 Å². The molecule has 0 radical (unpaired) electrons. The molecule has 5 heteroatoms. The molecule has 1 unspecified atom stereocenters. The number of carbonyl (C=O) groups excluding carboxylic acids is 1. The molecule has 26 heavy (non-hydrogen) atoms. The number of likely N-dealkylation sites (tertiary alicyclic amines) is 1. The normalized spacial score (nSPS) is 17.3. The molecule has 132 valence electrons. The van der Waals surface area contributed by atoms with Crippen LogP contribution in [0.25, 0.3) is 10.9 Å². The summed E-state index contributed by atoms with van der Waals surface area (Å²) in [6, 6.07) is 20.1. The summed E-state index contributed by atoms with van der Waals surface area (Å²) in [7, 11) is 0. The highest BCUT2D eigenvalue weighted by Crippen LogP contribution is 2.20. The van der Waals surface area contributed by atoms with E-state index in [0.717, 1.165) is 42.6 Å². The van der Waals surface area contributed by atoms with Crippen LogP contribution in [-0.2, 0) is 6.54 Å². The van der Waals surface area contributed by atoms with E-state index in [1.807, 2.05) is 36.4 Å². The van der Waals surface area contributed by atoms with Crippen molar-refractivity contribution in [2.75, 3.05) is 18.4 Å². The zero-order chi connectivity index (χ0) is 17.8. The molecule has 2 aromatic carbocycles. The Hall–Kier alpha value is -2.92. The van der Waals surface area contributed by atoms with E-state index in [9.17, 15) is 4.79 Å². The van der Waals surface area contributed by atoms with Crippen molar-refractivity contribution in [2.45, 2.75) is 19.0 Å². The highest BCUT2D eigenvalue weighted by atomic mass is 16.2. The van der Waals surface area contributed by atoms with Gasteiger partial charge >= 0.3 is 6.03 Å². The number of hydrogen-bond donors (Lipinski definition) is 2.